The lowest BCUT2D eigenvalue weighted by Gasteiger charge is -2.30. The number of carbonyl (C=O) groups is 1. The van der Waals surface area contributed by atoms with E-state index in [1.54, 1.807) is 11.3 Å². The van der Waals surface area contributed by atoms with Crippen molar-refractivity contribution in [1.29, 1.82) is 0 Å². The van der Waals surface area contributed by atoms with Gasteiger partial charge in [-0.15, -0.1) is 11.3 Å². The minimum Gasteiger partial charge on any atom is -0.479 e. The van der Waals surface area contributed by atoms with Gasteiger partial charge in [-0.3, -0.25) is 0 Å². The van der Waals surface area contributed by atoms with E-state index in [2.05, 4.69) is 6.07 Å². The van der Waals surface area contributed by atoms with Crippen LogP contribution in [0.5, 0.6) is 0 Å². The highest BCUT2D eigenvalue weighted by Gasteiger charge is 2.29. The van der Waals surface area contributed by atoms with E-state index in [1.165, 1.54) is 121 Å². The van der Waals surface area contributed by atoms with Crippen LogP contribution < -0.4 is 0 Å². The Morgan fingerprint density at radius 3 is 1.90 bits per heavy atom. The fourth-order valence-corrected chi connectivity index (χ4v) is 8.40. The molecule has 0 saturated heterocycles. The van der Waals surface area contributed by atoms with Gasteiger partial charge in [0, 0.05) is 5.92 Å². The molecule has 224 valence electrons. The van der Waals surface area contributed by atoms with Crippen LogP contribution in [0.3, 0.4) is 0 Å². The average molecular weight is 570 g/mol. The molecule has 0 aliphatic heterocycles. The predicted octanol–water partition coefficient (Wildman–Crippen LogP) is 10.9. The van der Waals surface area contributed by atoms with Crippen LogP contribution >= 0.6 is 11.3 Å². The van der Waals surface area contributed by atoms with Crippen molar-refractivity contribution in [3.8, 4) is 0 Å². The number of hydrogen-bond donors (Lipinski definition) is 1. The van der Waals surface area contributed by atoms with E-state index in [0.29, 0.717) is 5.92 Å². The topological polar surface area (TPSA) is 59.4 Å². The summed E-state index contributed by atoms with van der Waals surface area (Å²) in [4.78, 5) is 17.3. The molecule has 2 aromatic rings. The number of aliphatic carboxylic acids is 1. The van der Waals surface area contributed by atoms with Crippen molar-refractivity contribution in [3.63, 3.8) is 0 Å². The zero-order chi connectivity index (χ0) is 28.5. The maximum absolute atomic E-state index is 12.2. The van der Waals surface area contributed by atoms with Gasteiger partial charge in [0.1, 0.15) is 0 Å². The Kier molecular flexibility index (Phi) is 11.9. The van der Waals surface area contributed by atoms with Gasteiger partial charge in [-0.1, -0.05) is 96.3 Å². The van der Waals surface area contributed by atoms with Crippen molar-refractivity contribution in [2.75, 3.05) is 0 Å². The molecule has 3 atom stereocenters. The van der Waals surface area contributed by atoms with Crippen LogP contribution in [-0.4, -0.2) is 21.7 Å². The number of carboxylic acid groups (broad SMARTS) is 1. The van der Waals surface area contributed by atoms with Gasteiger partial charge in [0.2, 0.25) is 0 Å². The lowest BCUT2D eigenvalue weighted by Crippen LogP contribution is -2.27. The number of nitrogens with zero attached hydrogens (tertiary/aromatic N) is 1. The molecule has 2 saturated carbocycles. The third-order valence-corrected chi connectivity index (χ3v) is 10.6. The second-order valence-electron chi connectivity index (χ2n) is 13.9. The minimum absolute atomic E-state index is 0.519. The first-order valence-corrected chi connectivity index (χ1v) is 17.3. The molecular formula is C35H55NO3S. The number of aromatic nitrogens is 1. The average Bonchev–Trinajstić information content (AvgIpc) is 3.28. The van der Waals surface area contributed by atoms with E-state index in [9.17, 15) is 9.90 Å². The first-order valence-electron chi connectivity index (χ1n) is 16.5. The van der Waals surface area contributed by atoms with Crippen LogP contribution in [-0.2, 0) is 9.53 Å². The van der Waals surface area contributed by atoms with Gasteiger partial charge >= 0.3 is 5.97 Å². The number of carboxylic acids is 1. The van der Waals surface area contributed by atoms with Crippen molar-refractivity contribution in [3.05, 3.63) is 28.3 Å². The lowest BCUT2D eigenvalue weighted by atomic mass is 9.76. The Hall–Kier alpha value is -1.46. The second kappa shape index (κ2) is 15.1. The molecule has 2 fully saturated rings. The molecular weight excluding hydrogens is 514 g/mol. The Morgan fingerprint density at radius 2 is 1.35 bits per heavy atom. The normalized spacial score (nSPS) is 24.3. The Bertz CT molecular complexity index is 1060. The molecule has 40 heavy (non-hydrogen) atoms. The van der Waals surface area contributed by atoms with E-state index < -0.39 is 17.7 Å². The van der Waals surface area contributed by atoms with Gasteiger partial charge in [-0.2, -0.15) is 0 Å². The van der Waals surface area contributed by atoms with Gasteiger partial charge < -0.3 is 9.84 Å². The summed E-state index contributed by atoms with van der Waals surface area (Å²) in [5.41, 5.74) is 2.17. The number of thiazole rings is 1. The maximum Gasteiger partial charge on any atom is 0.337 e. The molecule has 2 aliphatic rings. The number of fused-ring (bicyclic) bond motifs is 1. The summed E-state index contributed by atoms with van der Waals surface area (Å²) < 4.78 is 7.08. The molecule has 5 heteroatoms. The van der Waals surface area contributed by atoms with Gasteiger partial charge in [0.05, 0.1) is 20.8 Å². The second-order valence-corrected chi connectivity index (χ2v) is 14.9. The van der Waals surface area contributed by atoms with Crippen LogP contribution in [0, 0.1) is 18.8 Å². The SMILES string of the molecule is Cc1cc2nc(C3CCCCCCC(C4CCCCCCCCCC4)CC3)sc2cc1[C@H](OC(C)(C)C)C(=O)O. The third kappa shape index (κ3) is 9.28. The molecule has 1 aromatic carbocycles. The first kappa shape index (κ1) is 31.5. The van der Waals surface area contributed by atoms with Crippen LogP contribution in [0.4, 0.5) is 0 Å². The number of rotatable bonds is 5. The van der Waals surface area contributed by atoms with Crippen LogP contribution in [0.25, 0.3) is 10.2 Å². The fraction of sp³-hybridized carbons (Fsp3) is 0.771. The molecule has 0 amide bonds. The molecule has 4 rings (SSSR count). The molecule has 1 heterocycles. The summed E-state index contributed by atoms with van der Waals surface area (Å²) in [6.45, 7) is 7.73. The summed E-state index contributed by atoms with van der Waals surface area (Å²) in [5.74, 6) is 1.37. The maximum atomic E-state index is 12.2. The monoisotopic (exact) mass is 569 g/mol. The van der Waals surface area contributed by atoms with E-state index >= 15 is 0 Å². The quantitative estimate of drug-likeness (QED) is 0.389. The van der Waals surface area contributed by atoms with Crippen molar-refractivity contribution < 1.29 is 14.6 Å². The Morgan fingerprint density at radius 1 is 0.825 bits per heavy atom. The van der Waals surface area contributed by atoms with E-state index in [-0.39, 0.29) is 0 Å². The molecule has 2 aliphatic carbocycles. The molecule has 0 spiro atoms. The summed E-state index contributed by atoms with van der Waals surface area (Å²) in [6.07, 6.45) is 24.1. The number of aryl methyl sites for hydroxylation is 1. The van der Waals surface area contributed by atoms with Crippen LogP contribution in [0.15, 0.2) is 12.1 Å². The van der Waals surface area contributed by atoms with Gasteiger partial charge in [-0.25, -0.2) is 9.78 Å². The van der Waals surface area contributed by atoms with Gasteiger partial charge in [0.25, 0.3) is 0 Å². The highest BCUT2D eigenvalue weighted by atomic mass is 32.1. The van der Waals surface area contributed by atoms with Gasteiger partial charge in [-0.05, 0) is 82.1 Å². The first-order chi connectivity index (χ1) is 19.2. The third-order valence-electron chi connectivity index (χ3n) is 9.45. The number of benzene rings is 1. The summed E-state index contributed by atoms with van der Waals surface area (Å²) in [6, 6.07) is 4.13. The van der Waals surface area contributed by atoms with Crippen molar-refractivity contribution >= 4 is 27.5 Å². The highest BCUT2D eigenvalue weighted by Crippen LogP contribution is 2.41. The van der Waals surface area contributed by atoms with E-state index in [1.807, 2.05) is 33.8 Å². The predicted molar refractivity (Wildman–Crippen MR) is 168 cm³/mol. The zero-order valence-corrected chi connectivity index (χ0v) is 26.6. The fourth-order valence-electron chi connectivity index (χ4n) is 7.23. The van der Waals surface area contributed by atoms with Crippen LogP contribution in [0.2, 0.25) is 0 Å². The largest absolute Gasteiger partial charge is 0.479 e. The summed E-state index contributed by atoms with van der Waals surface area (Å²) in [5, 5.41) is 11.2. The van der Waals surface area contributed by atoms with Crippen LogP contribution in [0.1, 0.15) is 165 Å². The van der Waals surface area contributed by atoms with Crippen molar-refractivity contribution in [1.82, 2.24) is 4.98 Å². The zero-order valence-electron chi connectivity index (χ0n) is 25.8. The number of ether oxygens (including phenoxy) is 1. The lowest BCUT2D eigenvalue weighted by molar-refractivity contribution is -0.160. The molecule has 1 aromatic heterocycles. The van der Waals surface area contributed by atoms with E-state index in [0.717, 1.165) is 33.2 Å². The molecule has 4 nitrogen and oxygen atoms in total. The van der Waals surface area contributed by atoms with E-state index in [4.69, 9.17) is 9.72 Å². The molecule has 1 N–H and O–H groups in total. The van der Waals surface area contributed by atoms with Crippen molar-refractivity contribution in [2.45, 2.75) is 161 Å². The Labute approximate surface area is 247 Å². The molecule has 0 bridgehead atoms. The smallest absolute Gasteiger partial charge is 0.337 e. The molecule has 0 radical (unpaired) electrons. The summed E-state index contributed by atoms with van der Waals surface area (Å²) >= 11 is 1.79. The van der Waals surface area contributed by atoms with Gasteiger partial charge in [0.15, 0.2) is 6.10 Å². The standard InChI is InChI=1S/C35H55NO3S/c1-25-23-30-31(24-29(25)32(34(37)38)39-35(2,3)4)40-33(36-30)28-20-16-12-11-15-19-27(21-22-28)26-17-13-9-7-5-6-8-10-14-18-26/h23-24,26-28,32H,5-22H2,1-4H3,(H,37,38)/t27?,28?,32-/m0/s1. The minimum atomic E-state index is -0.967. The summed E-state index contributed by atoms with van der Waals surface area (Å²) in [7, 11) is 0. The number of hydrogen-bond acceptors (Lipinski definition) is 4. The molecule has 2 unspecified atom stereocenters. The highest BCUT2D eigenvalue weighted by molar-refractivity contribution is 7.18. The Balaban J connectivity index is 1.52. The van der Waals surface area contributed by atoms with Crippen molar-refractivity contribution in [2.24, 2.45) is 11.8 Å².